The minimum absolute atomic E-state index is 0.134. The second-order valence-electron chi connectivity index (χ2n) is 14.0. The first-order valence-electron chi connectivity index (χ1n) is 18.9. The number of carbonyl (C=O) groups excluding carboxylic acids is 2. The van der Waals surface area contributed by atoms with Crippen molar-refractivity contribution in [2.75, 3.05) is 0 Å². The normalized spacial score (nSPS) is 20.6. The molecule has 6 atom stereocenters. The van der Waals surface area contributed by atoms with E-state index in [-0.39, 0.29) is 12.8 Å². The third kappa shape index (κ3) is 13.4. The third-order valence-electron chi connectivity index (χ3n) is 9.95. The summed E-state index contributed by atoms with van der Waals surface area (Å²) in [6.45, 7) is 4.26. The van der Waals surface area contributed by atoms with Gasteiger partial charge < -0.3 is 25.2 Å². The number of aliphatic carboxylic acids is 2. The Morgan fingerprint density at radius 2 is 1.24 bits per heavy atom. The number of ether oxygens (including phenoxy) is 1. The average Bonchev–Trinajstić information content (AvgIpc) is 3.44. The number of aromatic nitrogens is 2. The van der Waals surface area contributed by atoms with Gasteiger partial charge in [0.15, 0.2) is 17.2 Å². The lowest BCUT2D eigenvalue weighted by Gasteiger charge is -2.32. The first kappa shape index (κ1) is 43.9. The number of aliphatic hydroxyl groups is 2. The van der Waals surface area contributed by atoms with E-state index in [1.54, 1.807) is 4.98 Å². The van der Waals surface area contributed by atoms with Crippen LogP contribution in [0.1, 0.15) is 155 Å². The Bertz CT molecular complexity index is 1380. The van der Waals surface area contributed by atoms with E-state index in [0.29, 0.717) is 36.4 Å². The van der Waals surface area contributed by atoms with Crippen LogP contribution < -0.4 is 11.2 Å². The number of hydrogen-bond donors (Lipinski definition) is 5. The van der Waals surface area contributed by atoms with E-state index in [0.717, 1.165) is 77.0 Å². The number of aromatic amines is 1. The number of nitrogens with one attached hydrogen (secondary N) is 1. The fourth-order valence-electron chi connectivity index (χ4n) is 6.86. The number of carboxylic acids is 2. The lowest BCUT2D eigenvalue weighted by Crippen LogP contribution is -2.57. The summed E-state index contributed by atoms with van der Waals surface area (Å²) in [6.07, 6.45) is 9.63. The molecule has 14 heteroatoms. The zero-order chi connectivity index (χ0) is 38.0. The highest BCUT2D eigenvalue weighted by atomic mass is 19.1. The van der Waals surface area contributed by atoms with E-state index >= 15 is 0 Å². The van der Waals surface area contributed by atoms with E-state index < -0.39 is 82.9 Å². The van der Waals surface area contributed by atoms with Crippen LogP contribution in [0.3, 0.4) is 0 Å². The number of nitrogens with zero attached hydrogens (tertiary/aromatic N) is 1. The highest BCUT2D eigenvalue weighted by Gasteiger charge is 2.60. The Balaban J connectivity index is 2.24. The standard InChI is InChI=1S/C37H59FN2O11/c1-3-5-7-9-11-13-15-17-19-21-25(34(45)46)29(41)30(42)32-37(50,23-28(51-32)40-24-27(38)33(44)39-36(40)49)31(43)26(35(47)48)22-20-18-16-14-12-10-8-6-4-2/h24-26,28,30,32,42,50H,3-23H2,1-2H3,(H,45,46)(H,47,48)(H,39,44,49)/t25-,26-,28+,30?,32+,37+/m0/s1. The van der Waals surface area contributed by atoms with Crippen molar-refractivity contribution in [3.8, 4) is 0 Å². The minimum atomic E-state index is -2.89. The van der Waals surface area contributed by atoms with Gasteiger partial charge in [-0.25, -0.2) is 4.79 Å². The van der Waals surface area contributed by atoms with Gasteiger partial charge in [0.25, 0.3) is 5.56 Å². The van der Waals surface area contributed by atoms with Crippen molar-refractivity contribution in [1.82, 2.24) is 9.55 Å². The van der Waals surface area contributed by atoms with Crippen molar-refractivity contribution in [2.24, 2.45) is 11.8 Å². The largest absolute Gasteiger partial charge is 0.481 e. The fraction of sp³-hybridized carbons (Fsp3) is 0.784. The number of rotatable bonds is 28. The first-order valence-corrected chi connectivity index (χ1v) is 18.9. The number of ketones is 2. The zero-order valence-corrected chi connectivity index (χ0v) is 30.3. The predicted molar refractivity (Wildman–Crippen MR) is 187 cm³/mol. The van der Waals surface area contributed by atoms with Crippen molar-refractivity contribution < 1.29 is 48.7 Å². The summed E-state index contributed by atoms with van der Waals surface area (Å²) in [6, 6.07) is 0. The maximum atomic E-state index is 14.2. The van der Waals surface area contributed by atoms with Crippen LogP contribution in [-0.4, -0.2) is 71.3 Å². The monoisotopic (exact) mass is 726 g/mol. The summed E-state index contributed by atoms with van der Waals surface area (Å²) in [4.78, 5) is 77.8. The zero-order valence-electron chi connectivity index (χ0n) is 30.3. The first-order chi connectivity index (χ1) is 24.3. The van der Waals surface area contributed by atoms with Gasteiger partial charge in [-0.05, 0) is 12.8 Å². The molecule has 1 aromatic heterocycles. The molecule has 13 nitrogen and oxygen atoms in total. The van der Waals surface area contributed by atoms with E-state index in [1.807, 2.05) is 0 Å². The van der Waals surface area contributed by atoms with Crippen LogP contribution in [0.2, 0.25) is 0 Å². The fourth-order valence-corrected chi connectivity index (χ4v) is 6.86. The number of halogens is 1. The molecule has 2 rings (SSSR count). The molecule has 0 aromatic carbocycles. The maximum absolute atomic E-state index is 14.2. The van der Waals surface area contributed by atoms with E-state index in [2.05, 4.69) is 13.8 Å². The third-order valence-corrected chi connectivity index (χ3v) is 9.95. The van der Waals surface area contributed by atoms with Gasteiger partial charge in [0.1, 0.15) is 30.3 Å². The Hall–Kier alpha value is -3.23. The number of unbranched alkanes of at least 4 members (excludes halogenated alkanes) is 16. The smallest absolute Gasteiger partial charge is 0.330 e. The number of Topliss-reactive ketones (excluding diaryl/α,β-unsaturated/α-hetero) is 2. The van der Waals surface area contributed by atoms with Gasteiger partial charge in [-0.2, -0.15) is 4.39 Å². The van der Waals surface area contributed by atoms with Crippen LogP contribution in [0.15, 0.2) is 15.8 Å². The molecule has 1 fully saturated rings. The molecule has 51 heavy (non-hydrogen) atoms. The molecule has 0 radical (unpaired) electrons. The number of carbonyl (C=O) groups is 4. The minimum Gasteiger partial charge on any atom is -0.481 e. The summed E-state index contributed by atoms with van der Waals surface area (Å²) in [5.74, 6) is -10.6. The highest BCUT2D eigenvalue weighted by Crippen LogP contribution is 2.41. The molecule has 2 heterocycles. The predicted octanol–water partition coefficient (Wildman–Crippen LogP) is 5.44. The topological polar surface area (TPSA) is 213 Å². The summed E-state index contributed by atoms with van der Waals surface area (Å²) < 4.78 is 20.4. The summed E-state index contributed by atoms with van der Waals surface area (Å²) in [5.41, 5.74) is -5.43. The van der Waals surface area contributed by atoms with Crippen molar-refractivity contribution in [3.05, 3.63) is 32.9 Å². The molecule has 1 aliphatic rings. The molecule has 1 aliphatic heterocycles. The molecule has 0 aliphatic carbocycles. The molecule has 1 saturated heterocycles. The van der Waals surface area contributed by atoms with Gasteiger partial charge in [0, 0.05) is 6.42 Å². The number of aliphatic hydroxyl groups excluding tert-OH is 1. The van der Waals surface area contributed by atoms with Gasteiger partial charge in [0.05, 0.1) is 6.20 Å². The van der Waals surface area contributed by atoms with Crippen LogP contribution in [-0.2, 0) is 23.9 Å². The summed E-state index contributed by atoms with van der Waals surface area (Å²) >= 11 is 0. The highest BCUT2D eigenvalue weighted by molar-refractivity contribution is 6.05. The van der Waals surface area contributed by atoms with Crippen LogP contribution >= 0.6 is 0 Å². The lowest BCUT2D eigenvalue weighted by atomic mass is 9.77. The van der Waals surface area contributed by atoms with Crippen LogP contribution in [0.25, 0.3) is 0 Å². The Kier molecular flexibility index (Phi) is 19.5. The maximum Gasteiger partial charge on any atom is 0.330 e. The molecule has 0 saturated carbocycles. The molecule has 0 bridgehead atoms. The SMILES string of the molecule is CCCCCCCCCCC[C@H](C(=O)O)C(=O)C(O)[C@H]1O[C@@H](n2cc(F)c(=O)[nH]c2=O)C[C@@]1(O)C(=O)[C@H](CCCCCCCCCCC)C(=O)O. The van der Waals surface area contributed by atoms with Crippen LogP contribution in [0, 0.1) is 17.7 Å². The van der Waals surface area contributed by atoms with Gasteiger partial charge in [-0.15, -0.1) is 0 Å². The quantitative estimate of drug-likeness (QED) is 0.0542. The molecule has 1 aromatic rings. The van der Waals surface area contributed by atoms with Crippen LogP contribution in [0.4, 0.5) is 4.39 Å². The van der Waals surface area contributed by atoms with Crippen LogP contribution in [0.5, 0.6) is 0 Å². The van der Waals surface area contributed by atoms with Crippen molar-refractivity contribution >= 4 is 23.5 Å². The Labute approximate surface area is 299 Å². The van der Waals surface area contributed by atoms with Gasteiger partial charge in [0.2, 0.25) is 5.82 Å². The second-order valence-corrected chi connectivity index (χ2v) is 14.0. The average molecular weight is 727 g/mol. The number of carboxylic acid groups (broad SMARTS) is 2. The second kappa shape index (κ2) is 22.7. The van der Waals surface area contributed by atoms with Gasteiger partial charge in [-0.1, -0.05) is 129 Å². The van der Waals surface area contributed by atoms with Crippen molar-refractivity contribution in [3.63, 3.8) is 0 Å². The summed E-state index contributed by atoms with van der Waals surface area (Å²) in [5, 5.41) is 43.0. The molecule has 5 N–H and O–H groups in total. The Morgan fingerprint density at radius 1 is 0.804 bits per heavy atom. The van der Waals surface area contributed by atoms with Crippen molar-refractivity contribution in [2.45, 2.75) is 173 Å². The molecule has 1 unspecified atom stereocenters. The van der Waals surface area contributed by atoms with E-state index in [9.17, 15) is 53.6 Å². The molecular weight excluding hydrogens is 667 g/mol. The molecule has 0 spiro atoms. The van der Waals surface area contributed by atoms with Gasteiger partial charge >= 0.3 is 17.6 Å². The van der Waals surface area contributed by atoms with Crippen molar-refractivity contribution in [1.29, 1.82) is 0 Å². The summed E-state index contributed by atoms with van der Waals surface area (Å²) in [7, 11) is 0. The Morgan fingerprint density at radius 3 is 1.69 bits per heavy atom. The number of hydrogen-bond acceptors (Lipinski definition) is 9. The molecule has 290 valence electrons. The van der Waals surface area contributed by atoms with Gasteiger partial charge in [-0.3, -0.25) is 33.5 Å². The lowest BCUT2D eigenvalue weighted by molar-refractivity contribution is -0.169. The van der Waals surface area contributed by atoms with E-state index in [4.69, 9.17) is 4.74 Å². The molecular formula is C37H59FN2O11. The van der Waals surface area contributed by atoms with E-state index in [1.165, 1.54) is 12.8 Å². The number of H-pyrrole nitrogens is 1. The molecule has 0 amide bonds.